The molecule has 1 aromatic rings. The third kappa shape index (κ3) is 5.92. The van der Waals surface area contributed by atoms with Crippen molar-refractivity contribution in [3.05, 3.63) is 39.9 Å². The van der Waals surface area contributed by atoms with E-state index >= 15 is 0 Å². The molecule has 1 saturated carbocycles. The van der Waals surface area contributed by atoms with E-state index in [-0.39, 0.29) is 16.7 Å². The van der Waals surface area contributed by atoms with E-state index in [1.165, 1.54) is 38.2 Å². The summed E-state index contributed by atoms with van der Waals surface area (Å²) in [6.45, 7) is 3.76. The molecular formula is C18H28N2O3. The minimum Gasteiger partial charge on any atom is -0.378 e. The fourth-order valence-electron chi connectivity index (χ4n) is 3.18. The van der Waals surface area contributed by atoms with Crippen LogP contribution in [0.5, 0.6) is 0 Å². The minimum absolute atomic E-state index is 0.156. The van der Waals surface area contributed by atoms with Crippen LogP contribution in [0, 0.1) is 10.1 Å². The number of benzene rings is 1. The summed E-state index contributed by atoms with van der Waals surface area (Å²) in [6, 6.07) is 7.06. The second-order valence-electron chi connectivity index (χ2n) is 6.25. The van der Waals surface area contributed by atoms with Crippen molar-refractivity contribution >= 4 is 5.69 Å². The minimum atomic E-state index is -0.339. The highest BCUT2D eigenvalue weighted by atomic mass is 16.6. The topological polar surface area (TPSA) is 64.4 Å². The van der Waals surface area contributed by atoms with E-state index in [0.717, 1.165) is 31.6 Å². The maximum absolute atomic E-state index is 10.9. The Hall–Kier alpha value is -1.46. The monoisotopic (exact) mass is 320 g/mol. The summed E-state index contributed by atoms with van der Waals surface area (Å²) < 4.78 is 5.93. The Morgan fingerprint density at radius 2 is 2.13 bits per heavy atom. The zero-order chi connectivity index (χ0) is 16.5. The van der Waals surface area contributed by atoms with E-state index in [4.69, 9.17) is 4.74 Å². The summed E-state index contributed by atoms with van der Waals surface area (Å²) >= 11 is 0. The number of hydrogen-bond acceptors (Lipinski definition) is 4. The number of nitrogens with zero attached hydrogens (tertiary/aromatic N) is 1. The molecule has 0 bridgehead atoms. The number of nitro benzene ring substituents is 1. The standard InChI is InChI=1S/C18H28N2O3/c1-2-18(15-8-6-9-16(14-15)20(21)22)19-12-7-13-23-17-10-4-3-5-11-17/h6,8-9,14,17-19H,2-5,7,10-13H2,1H3. The summed E-state index contributed by atoms with van der Waals surface area (Å²) in [6.07, 6.45) is 8.70. The van der Waals surface area contributed by atoms with Crippen LogP contribution in [-0.4, -0.2) is 24.2 Å². The van der Waals surface area contributed by atoms with Gasteiger partial charge >= 0.3 is 0 Å². The Balaban J connectivity index is 1.72. The zero-order valence-electron chi connectivity index (χ0n) is 14.0. The Labute approximate surface area is 138 Å². The number of ether oxygens (including phenoxy) is 1. The molecule has 1 aromatic carbocycles. The van der Waals surface area contributed by atoms with Gasteiger partial charge in [0.1, 0.15) is 0 Å². The van der Waals surface area contributed by atoms with Crippen LogP contribution < -0.4 is 5.32 Å². The lowest BCUT2D eigenvalue weighted by molar-refractivity contribution is -0.384. The van der Waals surface area contributed by atoms with Crippen molar-refractivity contribution in [2.75, 3.05) is 13.2 Å². The van der Waals surface area contributed by atoms with Crippen LogP contribution in [-0.2, 0) is 4.74 Å². The van der Waals surface area contributed by atoms with Crippen molar-refractivity contribution in [2.24, 2.45) is 0 Å². The highest BCUT2D eigenvalue weighted by Gasteiger charge is 2.14. The molecule has 0 saturated heterocycles. The number of non-ortho nitro benzene ring substituents is 1. The first kappa shape index (κ1) is 17.9. The van der Waals surface area contributed by atoms with Crippen molar-refractivity contribution in [1.29, 1.82) is 0 Å². The first-order valence-electron chi connectivity index (χ1n) is 8.80. The van der Waals surface area contributed by atoms with Crippen molar-refractivity contribution in [2.45, 2.75) is 64.0 Å². The van der Waals surface area contributed by atoms with Crippen LogP contribution in [0.2, 0.25) is 0 Å². The molecule has 0 amide bonds. The van der Waals surface area contributed by atoms with Crippen molar-refractivity contribution < 1.29 is 9.66 Å². The van der Waals surface area contributed by atoms with Crippen molar-refractivity contribution in [3.63, 3.8) is 0 Å². The van der Waals surface area contributed by atoms with E-state index in [9.17, 15) is 10.1 Å². The Morgan fingerprint density at radius 1 is 1.35 bits per heavy atom. The van der Waals surface area contributed by atoms with Crippen LogP contribution >= 0.6 is 0 Å². The number of hydrogen-bond donors (Lipinski definition) is 1. The van der Waals surface area contributed by atoms with Gasteiger partial charge in [-0.1, -0.05) is 38.3 Å². The fourth-order valence-corrected chi connectivity index (χ4v) is 3.18. The Bertz CT molecular complexity index is 487. The average Bonchev–Trinajstić information content (AvgIpc) is 2.59. The van der Waals surface area contributed by atoms with E-state index in [0.29, 0.717) is 6.10 Å². The highest BCUT2D eigenvalue weighted by molar-refractivity contribution is 5.35. The molecule has 0 spiro atoms. The van der Waals surface area contributed by atoms with Crippen LogP contribution in [0.3, 0.4) is 0 Å². The molecule has 128 valence electrons. The smallest absolute Gasteiger partial charge is 0.269 e. The predicted molar refractivity (Wildman–Crippen MR) is 91.6 cm³/mol. The zero-order valence-corrected chi connectivity index (χ0v) is 14.0. The molecule has 1 aliphatic rings. The Morgan fingerprint density at radius 3 is 2.83 bits per heavy atom. The van der Waals surface area contributed by atoms with Gasteiger partial charge in [0.2, 0.25) is 0 Å². The quantitative estimate of drug-likeness (QED) is 0.417. The van der Waals surface area contributed by atoms with Gasteiger partial charge < -0.3 is 10.1 Å². The van der Waals surface area contributed by atoms with Gasteiger partial charge in [-0.25, -0.2) is 0 Å². The lowest BCUT2D eigenvalue weighted by atomic mass is 9.98. The number of nitro groups is 1. The molecule has 1 aliphatic carbocycles. The summed E-state index contributed by atoms with van der Waals surface area (Å²) in [5.41, 5.74) is 1.14. The summed E-state index contributed by atoms with van der Waals surface area (Å²) in [5.74, 6) is 0. The second kappa shape index (κ2) is 9.63. The third-order valence-electron chi connectivity index (χ3n) is 4.51. The molecule has 5 heteroatoms. The van der Waals surface area contributed by atoms with Gasteiger partial charge in [0, 0.05) is 24.8 Å². The fraction of sp³-hybridized carbons (Fsp3) is 0.667. The maximum atomic E-state index is 10.9. The molecular weight excluding hydrogens is 292 g/mol. The number of nitrogens with one attached hydrogen (secondary N) is 1. The van der Waals surface area contributed by atoms with Crippen LogP contribution in [0.15, 0.2) is 24.3 Å². The molecule has 1 atom stereocenters. The van der Waals surface area contributed by atoms with Crippen molar-refractivity contribution in [1.82, 2.24) is 5.32 Å². The van der Waals surface area contributed by atoms with Crippen molar-refractivity contribution in [3.8, 4) is 0 Å². The van der Waals surface area contributed by atoms with Gasteiger partial charge in [0.05, 0.1) is 11.0 Å². The number of rotatable bonds is 9. The third-order valence-corrected chi connectivity index (χ3v) is 4.51. The predicted octanol–water partition coefficient (Wildman–Crippen LogP) is 4.37. The van der Waals surface area contributed by atoms with E-state index < -0.39 is 0 Å². The maximum Gasteiger partial charge on any atom is 0.269 e. The first-order valence-corrected chi connectivity index (χ1v) is 8.80. The first-order chi connectivity index (χ1) is 11.2. The summed E-state index contributed by atoms with van der Waals surface area (Å²) in [5, 5.41) is 14.4. The second-order valence-corrected chi connectivity index (χ2v) is 6.25. The van der Waals surface area contributed by atoms with Gasteiger partial charge in [-0.05, 0) is 37.8 Å². The molecule has 1 unspecified atom stereocenters. The molecule has 5 nitrogen and oxygen atoms in total. The molecule has 0 radical (unpaired) electrons. The molecule has 1 fully saturated rings. The molecule has 23 heavy (non-hydrogen) atoms. The largest absolute Gasteiger partial charge is 0.378 e. The van der Waals surface area contributed by atoms with Crippen LogP contribution in [0.4, 0.5) is 5.69 Å². The van der Waals surface area contributed by atoms with Gasteiger partial charge in [0.15, 0.2) is 0 Å². The Kier molecular flexibility index (Phi) is 7.49. The van der Waals surface area contributed by atoms with Crippen LogP contribution in [0.1, 0.15) is 63.5 Å². The SMILES string of the molecule is CCC(NCCCOC1CCCCC1)c1cccc([N+](=O)[O-])c1. The lowest BCUT2D eigenvalue weighted by Crippen LogP contribution is -2.24. The van der Waals surface area contributed by atoms with Gasteiger partial charge in [-0.3, -0.25) is 10.1 Å². The summed E-state index contributed by atoms with van der Waals surface area (Å²) in [7, 11) is 0. The van der Waals surface area contributed by atoms with E-state index in [1.807, 2.05) is 6.07 Å². The molecule has 0 aromatic heterocycles. The molecule has 0 aliphatic heterocycles. The normalized spacial score (nSPS) is 17.1. The van der Waals surface area contributed by atoms with E-state index in [2.05, 4.69) is 12.2 Å². The molecule has 1 N–H and O–H groups in total. The van der Waals surface area contributed by atoms with Gasteiger partial charge in [-0.15, -0.1) is 0 Å². The van der Waals surface area contributed by atoms with Gasteiger partial charge in [0.25, 0.3) is 5.69 Å². The average molecular weight is 320 g/mol. The summed E-state index contributed by atoms with van der Waals surface area (Å²) in [4.78, 5) is 10.5. The lowest BCUT2D eigenvalue weighted by Gasteiger charge is -2.22. The molecule has 0 heterocycles. The van der Waals surface area contributed by atoms with Crippen LogP contribution in [0.25, 0.3) is 0 Å². The van der Waals surface area contributed by atoms with E-state index in [1.54, 1.807) is 12.1 Å². The van der Waals surface area contributed by atoms with Gasteiger partial charge in [-0.2, -0.15) is 0 Å². The highest BCUT2D eigenvalue weighted by Crippen LogP contribution is 2.22. The molecule has 2 rings (SSSR count).